The fraction of sp³-hybridized carbons (Fsp3) is 0.625. The van der Waals surface area contributed by atoms with Gasteiger partial charge in [-0.1, -0.05) is 11.6 Å². The van der Waals surface area contributed by atoms with Gasteiger partial charge in [-0.2, -0.15) is 5.10 Å². The van der Waals surface area contributed by atoms with Crippen molar-refractivity contribution in [2.75, 3.05) is 25.6 Å². The topological polar surface area (TPSA) is 91.4 Å². The summed E-state index contributed by atoms with van der Waals surface area (Å²) in [4.78, 5) is 12.2. The van der Waals surface area contributed by atoms with E-state index in [1.165, 1.54) is 10.3 Å². The van der Waals surface area contributed by atoms with E-state index < -0.39 is 0 Å². The molecule has 0 bridgehead atoms. The molecule has 1 aromatic heterocycles. The largest absolute Gasteiger partial charge is 0.384 e. The summed E-state index contributed by atoms with van der Waals surface area (Å²) in [5.41, 5.74) is 7.81. The second-order valence-corrected chi connectivity index (χ2v) is 6.06. The summed E-state index contributed by atoms with van der Waals surface area (Å²) in [6.07, 6.45) is 2.61. The maximum Gasteiger partial charge on any atom is 0.242 e. The molecule has 0 spiro atoms. The highest BCUT2D eigenvalue weighted by Crippen LogP contribution is 2.12. The molecular formula is C16H26N4O3. The molecule has 1 saturated heterocycles. The summed E-state index contributed by atoms with van der Waals surface area (Å²) in [6, 6.07) is 1.69. The van der Waals surface area contributed by atoms with Gasteiger partial charge in [0, 0.05) is 12.7 Å². The molecule has 2 rings (SSSR count). The number of allylic oxidation sites excluding steroid dienone is 1. The molecule has 7 nitrogen and oxygen atoms in total. The molecule has 3 N–H and O–H groups in total. The van der Waals surface area contributed by atoms with Crippen LogP contribution in [0.3, 0.4) is 0 Å². The summed E-state index contributed by atoms with van der Waals surface area (Å²) in [6.45, 7) is 7.63. The lowest BCUT2D eigenvalue weighted by Crippen LogP contribution is -2.50. The first-order valence-electron chi connectivity index (χ1n) is 7.87. The van der Waals surface area contributed by atoms with Crippen LogP contribution in [0.1, 0.15) is 26.0 Å². The number of ether oxygens (including phenoxy) is 2. The first-order valence-corrected chi connectivity index (χ1v) is 7.87. The number of hydrogen-bond donors (Lipinski definition) is 2. The summed E-state index contributed by atoms with van der Waals surface area (Å²) in [5.74, 6) is 0.364. The second kappa shape index (κ2) is 8.12. The van der Waals surface area contributed by atoms with Crippen molar-refractivity contribution >= 4 is 11.7 Å². The van der Waals surface area contributed by atoms with Crippen LogP contribution in [0.5, 0.6) is 0 Å². The summed E-state index contributed by atoms with van der Waals surface area (Å²) in [7, 11) is 0. The molecule has 0 saturated carbocycles. The van der Waals surface area contributed by atoms with Crippen molar-refractivity contribution in [3.05, 3.63) is 23.4 Å². The maximum absolute atomic E-state index is 12.2. The Hall–Kier alpha value is -1.86. The minimum absolute atomic E-state index is 0.0558. The highest BCUT2D eigenvalue weighted by molar-refractivity contribution is 5.76. The first-order chi connectivity index (χ1) is 11.0. The number of aryl methyl sites for hydroxylation is 1. The van der Waals surface area contributed by atoms with E-state index >= 15 is 0 Å². The Morgan fingerprint density at radius 2 is 2.39 bits per heavy atom. The number of nitrogens with two attached hydrogens (primary N) is 1. The normalized spacial score (nSPS) is 21.0. The van der Waals surface area contributed by atoms with E-state index in [0.717, 1.165) is 12.1 Å². The number of hydrogen-bond acceptors (Lipinski definition) is 5. The van der Waals surface area contributed by atoms with Crippen molar-refractivity contribution in [2.24, 2.45) is 0 Å². The Labute approximate surface area is 136 Å². The van der Waals surface area contributed by atoms with E-state index in [9.17, 15) is 4.79 Å². The third-order valence-electron chi connectivity index (χ3n) is 3.68. The number of rotatable bonds is 6. The van der Waals surface area contributed by atoms with Gasteiger partial charge in [0.25, 0.3) is 0 Å². The molecule has 0 aromatic carbocycles. The van der Waals surface area contributed by atoms with E-state index in [1.807, 2.05) is 26.8 Å². The standard InChI is InChI=1S/C16H26N4O3/c1-11(2)4-7-23-14-10-22-6-5-13(14)18-16(21)9-20-15(17)8-12(3)19-20/h4,8,13-14H,5-7,9-10,17H2,1-3H3,(H,18,21)/t13-,14-/m1/s1. The minimum atomic E-state index is -0.139. The fourth-order valence-corrected chi connectivity index (χ4v) is 2.46. The molecule has 7 heteroatoms. The van der Waals surface area contributed by atoms with Crippen LogP contribution >= 0.6 is 0 Å². The molecule has 2 heterocycles. The van der Waals surface area contributed by atoms with Gasteiger partial charge in [0.15, 0.2) is 0 Å². The van der Waals surface area contributed by atoms with Crippen LogP contribution in [0.4, 0.5) is 5.82 Å². The van der Waals surface area contributed by atoms with Crippen molar-refractivity contribution < 1.29 is 14.3 Å². The molecule has 0 radical (unpaired) electrons. The van der Waals surface area contributed by atoms with E-state index in [2.05, 4.69) is 10.4 Å². The lowest BCUT2D eigenvalue weighted by atomic mass is 10.1. The van der Waals surface area contributed by atoms with E-state index in [0.29, 0.717) is 25.6 Å². The zero-order valence-electron chi connectivity index (χ0n) is 14.0. The van der Waals surface area contributed by atoms with Crippen LogP contribution in [0.25, 0.3) is 0 Å². The Kier molecular flexibility index (Phi) is 6.18. The molecule has 1 aliphatic heterocycles. The number of nitrogens with one attached hydrogen (secondary N) is 1. The second-order valence-electron chi connectivity index (χ2n) is 6.06. The third-order valence-corrected chi connectivity index (χ3v) is 3.68. The quantitative estimate of drug-likeness (QED) is 0.763. The fourth-order valence-electron chi connectivity index (χ4n) is 2.46. The van der Waals surface area contributed by atoms with Crippen LogP contribution in [0.2, 0.25) is 0 Å². The lowest BCUT2D eigenvalue weighted by molar-refractivity contribution is -0.126. The molecule has 1 fully saturated rings. The Morgan fingerprint density at radius 1 is 1.61 bits per heavy atom. The molecule has 23 heavy (non-hydrogen) atoms. The summed E-state index contributed by atoms with van der Waals surface area (Å²) >= 11 is 0. The van der Waals surface area contributed by atoms with Gasteiger partial charge in [-0.05, 0) is 27.2 Å². The Morgan fingerprint density at radius 3 is 3.04 bits per heavy atom. The predicted molar refractivity (Wildman–Crippen MR) is 87.9 cm³/mol. The minimum Gasteiger partial charge on any atom is -0.384 e. The van der Waals surface area contributed by atoms with Crippen molar-refractivity contribution in [3.63, 3.8) is 0 Å². The van der Waals surface area contributed by atoms with Crippen molar-refractivity contribution in [1.29, 1.82) is 0 Å². The van der Waals surface area contributed by atoms with Crippen molar-refractivity contribution in [1.82, 2.24) is 15.1 Å². The predicted octanol–water partition coefficient (Wildman–Crippen LogP) is 1.03. The molecule has 0 unspecified atom stereocenters. The van der Waals surface area contributed by atoms with Gasteiger partial charge < -0.3 is 20.5 Å². The van der Waals surface area contributed by atoms with Gasteiger partial charge in [0.05, 0.1) is 24.9 Å². The number of nitrogen functional groups attached to an aromatic ring is 1. The number of nitrogens with zero attached hydrogens (tertiary/aromatic N) is 2. The monoisotopic (exact) mass is 322 g/mol. The van der Waals surface area contributed by atoms with Gasteiger partial charge >= 0.3 is 0 Å². The zero-order chi connectivity index (χ0) is 16.8. The van der Waals surface area contributed by atoms with Gasteiger partial charge in [-0.25, -0.2) is 4.68 Å². The van der Waals surface area contributed by atoms with Gasteiger partial charge in [0.2, 0.25) is 5.91 Å². The van der Waals surface area contributed by atoms with Gasteiger partial charge in [-0.15, -0.1) is 0 Å². The van der Waals surface area contributed by atoms with E-state index in [4.69, 9.17) is 15.2 Å². The van der Waals surface area contributed by atoms with Crippen LogP contribution in [-0.2, 0) is 20.8 Å². The number of anilines is 1. The maximum atomic E-state index is 12.2. The SMILES string of the molecule is CC(C)=CCO[C@@H]1COCC[C@H]1NC(=O)Cn1nc(C)cc1N. The number of aromatic nitrogens is 2. The van der Waals surface area contributed by atoms with Crippen molar-refractivity contribution in [2.45, 2.75) is 45.9 Å². The van der Waals surface area contributed by atoms with Crippen LogP contribution in [0.15, 0.2) is 17.7 Å². The summed E-state index contributed by atoms with van der Waals surface area (Å²) < 4.78 is 12.8. The number of amides is 1. The van der Waals surface area contributed by atoms with Crippen LogP contribution in [0, 0.1) is 6.92 Å². The Bertz CT molecular complexity index is 564. The highest BCUT2D eigenvalue weighted by atomic mass is 16.5. The Balaban J connectivity index is 1.89. The zero-order valence-corrected chi connectivity index (χ0v) is 14.0. The number of carbonyl (C=O) groups excluding carboxylic acids is 1. The number of carbonyl (C=O) groups is 1. The van der Waals surface area contributed by atoms with E-state index in [-0.39, 0.29) is 24.6 Å². The van der Waals surface area contributed by atoms with Gasteiger partial charge in [0.1, 0.15) is 18.5 Å². The molecule has 2 atom stereocenters. The molecule has 1 aliphatic rings. The molecule has 0 aliphatic carbocycles. The molecule has 128 valence electrons. The van der Waals surface area contributed by atoms with Crippen LogP contribution < -0.4 is 11.1 Å². The summed E-state index contributed by atoms with van der Waals surface area (Å²) in [5, 5.41) is 7.21. The lowest BCUT2D eigenvalue weighted by Gasteiger charge is -2.31. The van der Waals surface area contributed by atoms with Crippen LogP contribution in [-0.4, -0.2) is 47.7 Å². The average molecular weight is 322 g/mol. The molecule has 1 aromatic rings. The highest BCUT2D eigenvalue weighted by Gasteiger charge is 2.27. The molecular weight excluding hydrogens is 296 g/mol. The van der Waals surface area contributed by atoms with Crippen molar-refractivity contribution in [3.8, 4) is 0 Å². The average Bonchev–Trinajstić information content (AvgIpc) is 2.78. The smallest absolute Gasteiger partial charge is 0.242 e. The molecule has 1 amide bonds. The first kappa shape index (κ1) is 17.5. The van der Waals surface area contributed by atoms with E-state index in [1.54, 1.807) is 6.07 Å². The third kappa shape index (κ3) is 5.37. The van der Waals surface area contributed by atoms with Gasteiger partial charge in [-0.3, -0.25) is 4.79 Å².